The monoisotopic (exact) mass is 280 g/mol. The first-order valence-electron chi connectivity index (χ1n) is 7.59. The second-order valence-corrected chi connectivity index (χ2v) is 5.58. The van der Waals surface area contributed by atoms with Gasteiger partial charge in [0.05, 0.1) is 11.4 Å². The molecule has 5 nitrogen and oxygen atoms in total. The van der Waals surface area contributed by atoms with Crippen molar-refractivity contribution in [2.24, 2.45) is 5.92 Å². The number of rotatable bonds is 7. The molecule has 1 amide bonds. The topological polar surface area (TPSA) is 75.0 Å². The van der Waals surface area contributed by atoms with Gasteiger partial charge in [-0.25, -0.2) is 0 Å². The fourth-order valence-corrected chi connectivity index (χ4v) is 2.33. The third kappa shape index (κ3) is 3.52. The van der Waals surface area contributed by atoms with Crippen molar-refractivity contribution in [1.29, 1.82) is 0 Å². The smallest absolute Gasteiger partial charge is 0.276 e. The average Bonchev–Trinajstić information content (AvgIpc) is 2.81. The molecule has 1 aromatic heterocycles. The van der Waals surface area contributed by atoms with E-state index < -0.39 is 0 Å². The summed E-state index contributed by atoms with van der Waals surface area (Å²) in [7, 11) is 0. The summed E-state index contributed by atoms with van der Waals surface area (Å²) in [5.41, 5.74) is 7.75. The number of aromatic amines is 1. The number of nitrogen functional groups attached to an aromatic ring is 1. The summed E-state index contributed by atoms with van der Waals surface area (Å²) >= 11 is 0. The lowest BCUT2D eigenvalue weighted by Gasteiger charge is -2.24. The van der Waals surface area contributed by atoms with Crippen molar-refractivity contribution < 1.29 is 4.79 Å². The molecule has 0 radical (unpaired) electrons. The van der Waals surface area contributed by atoms with Crippen LogP contribution in [0.5, 0.6) is 0 Å². The van der Waals surface area contributed by atoms with E-state index in [4.69, 9.17) is 5.73 Å². The van der Waals surface area contributed by atoms with Gasteiger partial charge in [0.1, 0.15) is 0 Å². The number of nitrogens with two attached hydrogens (primary N) is 1. The summed E-state index contributed by atoms with van der Waals surface area (Å²) < 4.78 is 0. The number of anilines is 1. The van der Waals surface area contributed by atoms with E-state index in [0.717, 1.165) is 25.1 Å². The van der Waals surface area contributed by atoms with Crippen molar-refractivity contribution in [3.05, 3.63) is 11.4 Å². The van der Waals surface area contributed by atoms with Crippen molar-refractivity contribution in [2.45, 2.75) is 53.4 Å². The lowest BCUT2D eigenvalue weighted by atomic mass is 10.0. The number of nitrogens with zero attached hydrogens (tertiary/aromatic N) is 2. The molecule has 114 valence electrons. The Labute approximate surface area is 121 Å². The zero-order chi connectivity index (χ0) is 15.3. The second kappa shape index (κ2) is 7.31. The Morgan fingerprint density at radius 2 is 1.90 bits per heavy atom. The third-order valence-electron chi connectivity index (χ3n) is 3.92. The fourth-order valence-electron chi connectivity index (χ4n) is 2.33. The fraction of sp³-hybridized carbons (Fsp3) is 0.733. The molecule has 0 aromatic carbocycles. The molecule has 0 aliphatic rings. The highest BCUT2D eigenvalue weighted by atomic mass is 16.2. The van der Waals surface area contributed by atoms with Gasteiger partial charge in [-0.15, -0.1) is 0 Å². The van der Waals surface area contributed by atoms with Crippen LogP contribution >= 0.6 is 0 Å². The third-order valence-corrected chi connectivity index (χ3v) is 3.92. The van der Waals surface area contributed by atoms with E-state index in [2.05, 4.69) is 24.0 Å². The summed E-state index contributed by atoms with van der Waals surface area (Å²) in [5, 5.41) is 7.02. The summed E-state index contributed by atoms with van der Waals surface area (Å²) in [4.78, 5) is 14.4. The molecule has 0 spiro atoms. The van der Waals surface area contributed by atoms with Gasteiger partial charge in [0.25, 0.3) is 5.91 Å². The largest absolute Gasteiger partial charge is 0.395 e. The lowest BCUT2D eigenvalue weighted by molar-refractivity contribution is 0.0730. The predicted molar refractivity (Wildman–Crippen MR) is 82.7 cm³/mol. The molecule has 5 heteroatoms. The van der Waals surface area contributed by atoms with Crippen molar-refractivity contribution in [1.82, 2.24) is 15.1 Å². The Morgan fingerprint density at radius 3 is 2.30 bits per heavy atom. The van der Waals surface area contributed by atoms with Crippen LogP contribution < -0.4 is 5.73 Å². The number of carbonyl (C=O) groups is 1. The molecule has 20 heavy (non-hydrogen) atoms. The minimum atomic E-state index is -0.0694. The van der Waals surface area contributed by atoms with E-state index in [-0.39, 0.29) is 11.8 Å². The van der Waals surface area contributed by atoms with Crippen LogP contribution in [0.2, 0.25) is 0 Å². The molecule has 1 rings (SSSR count). The van der Waals surface area contributed by atoms with Gasteiger partial charge in [-0.3, -0.25) is 9.89 Å². The van der Waals surface area contributed by atoms with Crippen LogP contribution in [0.3, 0.4) is 0 Å². The highest BCUT2D eigenvalue weighted by Gasteiger charge is 2.24. The Hall–Kier alpha value is -1.52. The average molecular weight is 280 g/mol. The van der Waals surface area contributed by atoms with Crippen molar-refractivity contribution in [2.75, 3.05) is 18.8 Å². The molecular weight excluding hydrogens is 252 g/mol. The van der Waals surface area contributed by atoms with Gasteiger partial charge < -0.3 is 10.6 Å². The Bertz CT molecular complexity index is 435. The number of hydrogen-bond acceptors (Lipinski definition) is 3. The molecule has 0 saturated carbocycles. The highest BCUT2D eigenvalue weighted by Crippen LogP contribution is 2.23. The molecule has 0 fully saturated rings. The molecular formula is C15H28N4O. The van der Waals surface area contributed by atoms with Crippen molar-refractivity contribution in [3.63, 3.8) is 0 Å². The molecule has 1 heterocycles. The molecule has 0 saturated heterocycles. The van der Waals surface area contributed by atoms with Crippen LogP contribution in [0.4, 0.5) is 5.69 Å². The predicted octanol–water partition coefficient (Wildman–Crippen LogP) is 3.01. The van der Waals surface area contributed by atoms with Crippen LogP contribution in [0, 0.1) is 5.92 Å². The second-order valence-electron chi connectivity index (χ2n) is 5.58. The number of nitrogens with one attached hydrogen (secondary N) is 1. The van der Waals surface area contributed by atoms with E-state index >= 15 is 0 Å². The van der Waals surface area contributed by atoms with Gasteiger partial charge in [-0.05, 0) is 18.8 Å². The number of hydrogen-bond donors (Lipinski definition) is 2. The number of amides is 1. The first-order valence-corrected chi connectivity index (χ1v) is 7.59. The summed E-state index contributed by atoms with van der Waals surface area (Å²) in [6.07, 6.45) is 2.15. The van der Waals surface area contributed by atoms with Crippen molar-refractivity contribution >= 4 is 11.6 Å². The zero-order valence-electron chi connectivity index (χ0n) is 13.4. The van der Waals surface area contributed by atoms with Crippen LogP contribution in [0.1, 0.15) is 69.6 Å². The van der Waals surface area contributed by atoms with Gasteiger partial charge >= 0.3 is 0 Å². The first-order chi connectivity index (χ1) is 9.46. The van der Waals surface area contributed by atoms with Crippen LogP contribution in [-0.2, 0) is 0 Å². The Kier molecular flexibility index (Phi) is 6.05. The maximum absolute atomic E-state index is 12.6. The van der Waals surface area contributed by atoms with Crippen molar-refractivity contribution in [3.8, 4) is 0 Å². The minimum Gasteiger partial charge on any atom is -0.395 e. The van der Waals surface area contributed by atoms with E-state index in [1.807, 2.05) is 25.7 Å². The summed E-state index contributed by atoms with van der Waals surface area (Å²) in [6, 6.07) is 0. The molecule has 0 aliphatic heterocycles. The maximum Gasteiger partial charge on any atom is 0.276 e. The lowest BCUT2D eigenvalue weighted by Crippen LogP contribution is -2.35. The molecule has 0 bridgehead atoms. The van der Waals surface area contributed by atoms with Crippen LogP contribution in [0.15, 0.2) is 0 Å². The summed E-state index contributed by atoms with van der Waals surface area (Å²) in [6.45, 7) is 11.8. The normalized spacial score (nSPS) is 11.3. The maximum atomic E-state index is 12.6. The zero-order valence-corrected chi connectivity index (χ0v) is 13.4. The molecule has 0 atom stereocenters. The van der Waals surface area contributed by atoms with Gasteiger partial charge in [0.15, 0.2) is 5.69 Å². The SMILES string of the molecule is CCC(CC)CN(CC)C(=O)c1n[nH]c(C(C)C)c1N. The minimum absolute atomic E-state index is 0.0694. The molecule has 1 aromatic rings. The standard InChI is InChI=1S/C15H28N4O/c1-6-11(7-2)9-19(8-3)15(20)14-12(16)13(10(4)5)17-18-14/h10-11H,6-9,16H2,1-5H3,(H,17,18). The van der Waals surface area contributed by atoms with Crippen LogP contribution in [-0.4, -0.2) is 34.1 Å². The van der Waals surface area contributed by atoms with Gasteiger partial charge in [0.2, 0.25) is 0 Å². The number of aromatic nitrogens is 2. The quantitative estimate of drug-likeness (QED) is 0.806. The highest BCUT2D eigenvalue weighted by molar-refractivity contribution is 5.97. The van der Waals surface area contributed by atoms with E-state index in [9.17, 15) is 4.79 Å². The molecule has 3 N–H and O–H groups in total. The van der Waals surface area contributed by atoms with E-state index in [0.29, 0.717) is 23.8 Å². The van der Waals surface area contributed by atoms with Gasteiger partial charge in [0, 0.05) is 13.1 Å². The number of carbonyl (C=O) groups excluding carboxylic acids is 1. The molecule has 0 unspecified atom stereocenters. The van der Waals surface area contributed by atoms with Crippen LogP contribution in [0.25, 0.3) is 0 Å². The number of H-pyrrole nitrogens is 1. The van der Waals surface area contributed by atoms with E-state index in [1.165, 1.54) is 0 Å². The van der Waals surface area contributed by atoms with Gasteiger partial charge in [-0.1, -0.05) is 40.5 Å². The van der Waals surface area contributed by atoms with Gasteiger partial charge in [-0.2, -0.15) is 5.10 Å². The first kappa shape index (κ1) is 16.5. The van der Waals surface area contributed by atoms with E-state index in [1.54, 1.807) is 0 Å². The summed E-state index contributed by atoms with van der Waals surface area (Å²) in [5.74, 6) is 0.696. The Balaban J connectivity index is 2.91. The Morgan fingerprint density at radius 1 is 1.30 bits per heavy atom. The molecule has 0 aliphatic carbocycles.